The third-order valence-corrected chi connectivity index (χ3v) is 3.91. The highest BCUT2D eigenvalue weighted by molar-refractivity contribution is 5.88. The van der Waals surface area contributed by atoms with Crippen LogP contribution in [0.5, 0.6) is 23.0 Å². The first-order valence-electron chi connectivity index (χ1n) is 8.15. The Hall–Kier alpha value is -3.82. The molecular weight excluding hydrogens is 370 g/mol. The van der Waals surface area contributed by atoms with E-state index >= 15 is 0 Å². The SMILES string of the molecule is COc1cc(OC)c([N+](=O)[O-])cc1/C=N\NC(=O)[C@@H]1COc2ccccc2O1. The summed E-state index contributed by atoms with van der Waals surface area (Å²) in [5.41, 5.74) is 2.37. The average molecular weight is 387 g/mol. The second kappa shape index (κ2) is 8.25. The molecule has 1 amide bonds. The van der Waals surface area contributed by atoms with Gasteiger partial charge in [0.15, 0.2) is 11.5 Å². The summed E-state index contributed by atoms with van der Waals surface area (Å²) in [6, 6.07) is 9.61. The number of ether oxygens (including phenoxy) is 4. The summed E-state index contributed by atoms with van der Waals surface area (Å²) in [4.78, 5) is 22.8. The molecule has 3 rings (SSSR count). The minimum absolute atomic E-state index is 0.0374. The fourth-order valence-electron chi connectivity index (χ4n) is 2.54. The number of methoxy groups -OCH3 is 2. The number of hydrazone groups is 1. The van der Waals surface area contributed by atoms with Gasteiger partial charge in [-0.15, -0.1) is 0 Å². The molecule has 1 N–H and O–H groups in total. The van der Waals surface area contributed by atoms with Gasteiger partial charge in [-0.3, -0.25) is 14.9 Å². The summed E-state index contributed by atoms with van der Waals surface area (Å²) in [7, 11) is 2.72. The smallest absolute Gasteiger partial charge is 0.311 e. The van der Waals surface area contributed by atoms with Crippen molar-refractivity contribution in [2.45, 2.75) is 6.10 Å². The first kappa shape index (κ1) is 19.0. The van der Waals surface area contributed by atoms with Gasteiger partial charge < -0.3 is 18.9 Å². The average Bonchev–Trinajstić information content (AvgIpc) is 2.72. The lowest BCUT2D eigenvalue weighted by Crippen LogP contribution is -2.42. The number of para-hydroxylation sites is 2. The van der Waals surface area contributed by atoms with Crippen LogP contribution in [-0.4, -0.2) is 44.0 Å². The van der Waals surface area contributed by atoms with Crippen molar-refractivity contribution < 1.29 is 28.7 Å². The van der Waals surface area contributed by atoms with Gasteiger partial charge in [0.2, 0.25) is 11.9 Å². The molecule has 1 atom stereocenters. The predicted molar refractivity (Wildman–Crippen MR) is 98.3 cm³/mol. The maximum atomic E-state index is 12.2. The third kappa shape index (κ3) is 3.95. The molecule has 0 saturated heterocycles. The first-order chi connectivity index (χ1) is 13.5. The van der Waals surface area contributed by atoms with Gasteiger partial charge in [-0.1, -0.05) is 12.1 Å². The zero-order valence-electron chi connectivity index (χ0n) is 15.1. The number of nitro benzene ring substituents is 1. The second-order valence-corrected chi connectivity index (χ2v) is 5.62. The van der Waals surface area contributed by atoms with E-state index in [1.807, 2.05) is 0 Å². The van der Waals surface area contributed by atoms with Gasteiger partial charge in [0.05, 0.1) is 25.4 Å². The summed E-state index contributed by atoms with van der Waals surface area (Å²) in [6.45, 7) is 0.0374. The molecule has 28 heavy (non-hydrogen) atoms. The van der Waals surface area contributed by atoms with Crippen molar-refractivity contribution >= 4 is 17.8 Å². The number of nitro groups is 1. The molecule has 0 saturated carbocycles. The van der Waals surface area contributed by atoms with E-state index in [0.717, 1.165) is 0 Å². The Morgan fingerprint density at radius 1 is 1.25 bits per heavy atom. The maximum Gasteiger partial charge on any atom is 0.311 e. The van der Waals surface area contributed by atoms with Crippen molar-refractivity contribution in [3.8, 4) is 23.0 Å². The van der Waals surface area contributed by atoms with Crippen molar-refractivity contribution in [2.75, 3.05) is 20.8 Å². The molecule has 10 nitrogen and oxygen atoms in total. The van der Waals surface area contributed by atoms with Crippen LogP contribution in [0.1, 0.15) is 5.56 Å². The van der Waals surface area contributed by atoms with Gasteiger partial charge in [0.25, 0.3) is 5.91 Å². The largest absolute Gasteiger partial charge is 0.496 e. The Balaban J connectivity index is 1.71. The molecule has 10 heteroatoms. The summed E-state index contributed by atoms with van der Waals surface area (Å²) in [5, 5.41) is 15.0. The molecule has 0 aliphatic carbocycles. The third-order valence-electron chi connectivity index (χ3n) is 3.91. The van der Waals surface area contributed by atoms with Crippen molar-refractivity contribution in [1.29, 1.82) is 0 Å². The second-order valence-electron chi connectivity index (χ2n) is 5.62. The van der Waals surface area contributed by atoms with Crippen molar-refractivity contribution in [3.63, 3.8) is 0 Å². The number of nitrogens with one attached hydrogen (secondary N) is 1. The van der Waals surface area contributed by atoms with Crippen molar-refractivity contribution in [2.24, 2.45) is 5.10 Å². The quantitative estimate of drug-likeness (QED) is 0.456. The Labute approximate surface area is 159 Å². The number of fused-ring (bicyclic) bond motifs is 1. The van der Waals surface area contributed by atoms with Gasteiger partial charge in [-0.25, -0.2) is 5.43 Å². The van der Waals surface area contributed by atoms with Crippen LogP contribution in [-0.2, 0) is 4.79 Å². The fraction of sp³-hybridized carbons (Fsp3) is 0.222. The van der Waals surface area contributed by atoms with Crippen LogP contribution in [0.25, 0.3) is 0 Å². The van der Waals surface area contributed by atoms with Crippen LogP contribution in [0.15, 0.2) is 41.5 Å². The van der Waals surface area contributed by atoms with Crippen LogP contribution in [0.3, 0.4) is 0 Å². The molecule has 0 spiro atoms. The maximum absolute atomic E-state index is 12.2. The van der Waals surface area contributed by atoms with E-state index < -0.39 is 16.9 Å². The zero-order chi connectivity index (χ0) is 20.1. The highest BCUT2D eigenvalue weighted by atomic mass is 16.6. The van der Waals surface area contributed by atoms with Gasteiger partial charge in [-0.2, -0.15) is 5.10 Å². The minimum atomic E-state index is -0.876. The standard InChI is InChI=1S/C18H17N3O7/c1-25-15-8-16(26-2)12(21(23)24)7-11(15)9-19-20-18(22)17-10-27-13-5-3-4-6-14(13)28-17/h3-9,17H,10H2,1-2H3,(H,20,22)/b19-9-/t17-/m0/s1. The summed E-state index contributed by atoms with van der Waals surface area (Å²) in [5.74, 6) is 0.851. The normalized spacial score (nSPS) is 15.1. The van der Waals surface area contributed by atoms with Crippen LogP contribution in [0, 0.1) is 10.1 Å². The van der Waals surface area contributed by atoms with E-state index in [1.54, 1.807) is 24.3 Å². The number of amides is 1. The van der Waals surface area contributed by atoms with E-state index in [0.29, 0.717) is 22.8 Å². The molecule has 1 aliphatic heterocycles. The van der Waals surface area contributed by atoms with Crippen LogP contribution in [0.4, 0.5) is 5.69 Å². The topological polar surface area (TPSA) is 122 Å². The Morgan fingerprint density at radius 3 is 2.64 bits per heavy atom. The van der Waals surface area contributed by atoms with Crippen LogP contribution < -0.4 is 24.4 Å². The Kier molecular flexibility index (Phi) is 5.58. The molecule has 0 fully saturated rings. The van der Waals surface area contributed by atoms with E-state index in [1.165, 1.54) is 32.6 Å². The van der Waals surface area contributed by atoms with E-state index in [2.05, 4.69) is 10.5 Å². The van der Waals surface area contributed by atoms with Crippen molar-refractivity contribution in [1.82, 2.24) is 5.43 Å². The first-order valence-corrected chi connectivity index (χ1v) is 8.15. The van der Waals surface area contributed by atoms with Crippen LogP contribution >= 0.6 is 0 Å². The van der Waals surface area contributed by atoms with E-state index in [-0.39, 0.29) is 18.0 Å². The molecule has 1 heterocycles. The zero-order valence-corrected chi connectivity index (χ0v) is 15.1. The van der Waals surface area contributed by atoms with Gasteiger partial charge in [0, 0.05) is 17.7 Å². The molecule has 0 unspecified atom stereocenters. The molecule has 2 aromatic carbocycles. The summed E-state index contributed by atoms with van der Waals surface area (Å²) >= 11 is 0. The fourth-order valence-corrected chi connectivity index (χ4v) is 2.54. The number of hydrogen-bond donors (Lipinski definition) is 1. The highest BCUT2D eigenvalue weighted by Gasteiger charge is 2.27. The van der Waals surface area contributed by atoms with E-state index in [9.17, 15) is 14.9 Å². The predicted octanol–water partition coefficient (Wildman–Crippen LogP) is 1.90. The van der Waals surface area contributed by atoms with Crippen molar-refractivity contribution in [3.05, 3.63) is 52.1 Å². The number of rotatable bonds is 6. The highest BCUT2D eigenvalue weighted by Crippen LogP contribution is 2.33. The molecule has 0 radical (unpaired) electrons. The molecular formula is C18H17N3O7. The number of hydrogen-bond acceptors (Lipinski definition) is 8. The van der Waals surface area contributed by atoms with E-state index in [4.69, 9.17) is 18.9 Å². The summed E-state index contributed by atoms with van der Waals surface area (Å²) < 4.78 is 21.2. The Bertz CT molecular complexity index is 929. The lowest BCUT2D eigenvalue weighted by Gasteiger charge is -2.24. The van der Waals surface area contributed by atoms with Crippen LogP contribution in [0.2, 0.25) is 0 Å². The van der Waals surface area contributed by atoms with Gasteiger partial charge in [0.1, 0.15) is 12.4 Å². The molecule has 1 aliphatic rings. The summed E-state index contributed by atoms with van der Waals surface area (Å²) in [6.07, 6.45) is 0.361. The monoisotopic (exact) mass is 387 g/mol. The number of nitrogens with zero attached hydrogens (tertiary/aromatic N) is 2. The number of carbonyl (C=O) groups excluding carboxylic acids is 1. The Morgan fingerprint density at radius 2 is 1.96 bits per heavy atom. The molecule has 0 bridgehead atoms. The molecule has 2 aromatic rings. The lowest BCUT2D eigenvalue weighted by molar-refractivity contribution is -0.385. The molecule has 0 aromatic heterocycles. The number of carbonyl (C=O) groups is 1. The van der Waals surface area contributed by atoms with Gasteiger partial charge in [-0.05, 0) is 12.1 Å². The lowest BCUT2D eigenvalue weighted by atomic mass is 10.1. The minimum Gasteiger partial charge on any atom is -0.496 e. The van der Waals surface area contributed by atoms with Gasteiger partial charge >= 0.3 is 5.69 Å². The molecule has 146 valence electrons. The number of benzene rings is 2.